The maximum atomic E-state index is 5.25. The van der Waals surface area contributed by atoms with Crippen LogP contribution in [0.25, 0.3) is 110 Å². The van der Waals surface area contributed by atoms with E-state index in [1.54, 1.807) is 0 Å². The van der Waals surface area contributed by atoms with Crippen molar-refractivity contribution in [1.29, 1.82) is 0 Å². The summed E-state index contributed by atoms with van der Waals surface area (Å²) in [6.45, 7) is 0. The molecule has 4 heterocycles. The first-order valence-electron chi connectivity index (χ1n) is 17.8. The molecule has 0 radical (unpaired) electrons. The van der Waals surface area contributed by atoms with Crippen LogP contribution < -0.4 is 0 Å². The number of aromatic nitrogens is 4. The summed E-state index contributed by atoms with van der Waals surface area (Å²) >= 11 is 0. The molecule has 0 unspecified atom stereocenters. The van der Waals surface area contributed by atoms with Crippen LogP contribution >= 0.6 is 0 Å². The van der Waals surface area contributed by atoms with Crippen molar-refractivity contribution < 1.29 is 0 Å². The molecule has 52 heavy (non-hydrogen) atoms. The average Bonchev–Trinajstić information content (AvgIpc) is 3.73. The van der Waals surface area contributed by atoms with Gasteiger partial charge in [-0.2, -0.15) is 0 Å². The number of hydrogen-bond acceptors (Lipinski definition) is 2. The van der Waals surface area contributed by atoms with E-state index in [2.05, 4.69) is 148 Å². The van der Waals surface area contributed by atoms with Crippen LogP contribution in [-0.4, -0.2) is 18.9 Å². The molecule has 12 rings (SSSR count). The lowest BCUT2D eigenvalue weighted by molar-refractivity contribution is 1.18. The lowest BCUT2D eigenvalue weighted by Crippen LogP contribution is -1.98. The normalized spacial score (nSPS) is 12.2. The molecule has 12 aromatic rings. The van der Waals surface area contributed by atoms with Gasteiger partial charge in [0, 0.05) is 49.1 Å². The highest BCUT2D eigenvalue weighted by atomic mass is 15.0. The molecule has 4 aromatic heterocycles. The highest BCUT2D eigenvalue weighted by Gasteiger charge is 2.22. The van der Waals surface area contributed by atoms with E-state index < -0.39 is 0 Å². The molecule has 0 amide bonds. The van der Waals surface area contributed by atoms with Crippen LogP contribution in [-0.2, 0) is 0 Å². The fourth-order valence-electron chi connectivity index (χ4n) is 8.87. The van der Waals surface area contributed by atoms with Gasteiger partial charge in [0.1, 0.15) is 0 Å². The summed E-state index contributed by atoms with van der Waals surface area (Å²) in [6, 6.07) is 61.0. The van der Waals surface area contributed by atoms with Gasteiger partial charge in [-0.15, -0.1) is 0 Å². The largest absolute Gasteiger partial charge is 0.309 e. The van der Waals surface area contributed by atoms with Crippen LogP contribution in [0.5, 0.6) is 0 Å². The Hall–Kier alpha value is -7.04. The van der Waals surface area contributed by atoms with Crippen LogP contribution in [0.4, 0.5) is 0 Å². The molecule has 4 heteroatoms. The lowest BCUT2D eigenvalue weighted by atomic mass is 9.96. The van der Waals surface area contributed by atoms with Crippen LogP contribution in [0.15, 0.2) is 170 Å². The van der Waals surface area contributed by atoms with Gasteiger partial charge in [0.15, 0.2) is 0 Å². The molecule has 4 nitrogen and oxygen atoms in total. The molecule has 0 spiro atoms. The minimum absolute atomic E-state index is 0.871. The van der Waals surface area contributed by atoms with Gasteiger partial charge >= 0.3 is 0 Å². The van der Waals surface area contributed by atoms with E-state index in [9.17, 15) is 0 Å². The standard InChI is InChI=1S/C48H28N4/c1-2-13-29(14-3-1)46-47(50-39-24-7-6-23-38(39)49-46)30-15-10-16-31(27-30)51-41-26-9-5-18-36(41)45-37-22-11-19-33-35-21-12-20-34-32-17-4-8-25-40(32)52(48(34)35)43(44(33)37)28-42(45)51/h1-28H. The Labute approximate surface area is 297 Å². The monoisotopic (exact) mass is 660 g/mol. The van der Waals surface area contributed by atoms with E-state index in [1.807, 2.05) is 30.3 Å². The third-order valence-electron chi connectivity index (χ3n) is 11.0. The molecule has 0 aliphatic rings. The Kier molecular flexibility index (Phi) is 5.47. The Morgan fingerprint density at radius 3 is 1.71 bits per heavy atom. The van der Waals surface area contributed by atoms with Gasteiger partial charge in [-0.05, 0) is 53.2 Å². The second kappa shape index (κ2) is 10.3. The highest BCUT2D eigenvalue weighted by molar-refractivity contribution is 6.33. The van der Waals surface area contributed by atoms with Gasteiger partial charge in [-0.25, -0.2) is 9.97 Å². The number of hydrogen-bond donors (Lipinski definition) is 0. The summed E-state index contributed by atoms with van der Waals surface area (Å²) < 4.78 is 4.95. The summed E-state index contributed by atoms with van der Waals surface area (Å²) in [6.07, 6.45) is 0. The topological polar surface area (TPSA) is 35.1 Å². The van der Waals surface area contributed by atoms with Crippen molar-refractivity contribution in [3.63, 3.8) is 0 Å². The van der Waals surface area contributed by atoms with Gasteiger partial charge in [0.05, 0.1) is 50.0 Å². The Morgan fingerprint density at radius 2 is 0.904 bits per heavy atom. The van der Waals surface area contributed by atoms with Crippen LogP contribution in [0.1, 0.15) is 0 Å². The van der Waals surface area contributed by atoms with Crippen molar-refractivity contribution in [1.82, 2.24) is 18.9 Å². The zero-order valence-corrected chi connectivity index (χ0v) is 28.0. The van der Waals surface area contributed by atoms with Crippen molar-refractivity contribution in [2.45, 2.75) is 0 Å². The van der Waals surface area contributed by atoms with E-state index in [0.717, 1.165) is 39.2 Å². The first-order valence-corrected chi connectivity index (χ1v) is 17.8. The predicted octanol–water partition coefficient (Wildman–Crippen LogP) is 12.4. The van der Waals surface area contributed by atoms with Gasteiger partial charge in [0.2, 0.25) is 0 Å². The predicted molar refractivity (Wildman–Crippen MR) is 217 cm³/mol. The Morgan fingerprint density at radius 1 is 0.346 bits per heavy atom. The van der Waals surface area contributed by atoms with Gasteiger partial charge in [0.25, 0.3) is 0 Å². The number of pyridine rings is 1. The first kappa shape index (κ1) is 27.7. The number of fused-ring (bicyclic) bond motifs is 10. The Balaban J connectivity index is 1.21. The first-order chi connectivity index (χ1) is 25.8. The van der Waals surface area contributed by atoms with Gasteiger partial charge < -0.3 is 8.97 Å². The van der Waals surface area contributed by atoms with Crippen molar-refractivity contribution >= 4 is 81.7 Å². The maximum Gasteiger partial charge on any atom is 0.0973 e. The molecule has 8 aromatic carbocycles. The number of benzene rings is 8. The summed E-state index contributed by atoms with van der Waals surface area (Å²) in [7, 11) is 0. The van der Waals surface area contributed by atoms with Crippen LogP contribution in [0.3, 0.4) is 0 Å². The molecule has 0 aliphatic heterocycles. The second-order valence-corrected chi connectivity index (χ2v) is 13.8. The molecule has 0 bridgehead atoms. The third kappa shape index (κ3) is 3.65. The molecular weight excluding hydrogens is 633 g/mol. The van der Waals surface area contributed by atoms with Gasteiger partial charge in [-0.3, -0.25) is 0 Å². The maximum absolute atomic E-state index is 5.25. The minimum atomic E-state index is 0.871. The lowest BCUT2D eigenvalue weighted by Gasteiger charge is -2.16. The van der Waals surface area contributed by atoms with Crippen molar-refractivity contribution in [3.8, 4) is 28.2 Å². The molecular formula is C48H28N4. The molecule has 240 valence electrons. The zero-order valence-electron chi connectivity index (χ0n) is 28.0. The quantitative estimate of drug-likeness (QED) is 0.140. The molecule has 0 saturated heterocycles. The molecule has 0 saturated carbocycles. The zero-order chi connectivity index (χ0) is 33.9. The van der Waals surface area contributed by atoms with Crippen molar-refractivity contribution in [2.75, 3.05) is 0 Å². The van der Waals surface area contributed by atoms with E-state index in [4.69, 9.17) is 9.97 Å². The molecule has 0 fully saturated rings. The minimum Gasteiger partial charge on any atom is -0.309 e. The van der Waals surface area contributed by atoms with E-state index >= 15 is 0 Å². The SMILES string of the molecule is c1ccc(-c2nc3ccccc3nc2-c2cccc(-n3c4ccccc4c4c5cccc6c7cccc8c9ccccc9n(c(cc43)c65)c78)c2)cc1. The highest BCUT2D eigenvalue weighted by Crippen LogP contribution is 2.45. The number of para-hydroxylation sites is 5. The summed E-state index contributed by atoms with van der Waals surface area (Å²) in [5, 5.41) is 10.2. The van der Waals surface area contributed by atoms with Crippen molar-refractivity contribution in [2.24, 2.45) is 0 Å². The van der Waals surface area contributed by atoms with E-state index in [0.29, 0.717) is 0 Å². The number of nitrogens with zero attached hydrogens (tertiary/aromatic N) is 4. The molecule has 0 atom stereocenters. The summed E-state index contributed by atoms with van der Waals surface area (Å²) in [4.78, 5) is 10.4. The smallest absolute Gasteiger partial charge is 0.0973 e. The van der Waals surface area contributed by atoms with Crippen LogP contribution in [0, 0.1) is 0 Å². The van der Waals surface area contributed by atoms with Crippen molar-refractivity contribution in [3.05, 3.63) is 170 Å². The fourth-order valence-corrected chi connectivity index (χ4v) is 8.87. The number of rotatable bonds is 3. The molecule has 0 aliphatic carbocycles. The Bertz CT molecular complexity index is 3410. The van der Waals surface area contributed by atoms with Gasteiger partial charge in [-0.1, -0.05) is 127 Å². The van der Waals surface area contributed by atoms with Crippen LogP contribution in [0.2, 0.25) is 0 Å². The summed E-state index contributed by atoms with van der Waals surface area (Å²) in [5.74, 6) is 0. The van der Waals surface area contributed by atoms with E-state index in [1.165, 1.54) is 70.7 Å². The van der Waals surface area contributed by atoms with E-state index in [-0.39, 0.29) is 0 Å². The average molecular weight is 661 g/mol. The summed E-state index contributed by atoms with van der Waals surface area (Å²) in [5.41, 5.74) is 12.7. The third-order valence-corrected chi connectivity index (χ3v) is 11.0. The second-order valence-electron chi connectivity index (χ2n) is 13.8. The molecule has 0 N–H and O–H groups in total. The fraction of sp³-hybridized carbons (Fsp3) is 0.